The molecule has 0 radical (unpaired) electrons. The number of para-hydroxylation sites is 1. The maximum atomic E-state index is 6.26. The van der Waals surface area contributed by atoms with Crippen LogP contribution in [0.3, 0.4) is 0 Å². The molecule has 2 aromatic heterocycles. The third-order valence-electron chi connectivity index (χ3n) is 3.89. The largest absolute Gasteiger partial charge is 0.224 e. The van der Waals surface area contributed by atoms with Gasteiger partial charge >= 0.3 is 0 Å². The van der Waals surface area contributed by atoms with E-state index < -0.39 is 0 Å². The van der Waals surface area contributed by atoms with Crippen LogP contribution in [0.5, 0.6) is 0 Å². The molecule has 0 bridgehead atoms. The maximum absolute atomic E-state index is 6.26. The molecule has 2 heterocycles. The van der Waals surface area contributed by atoms with Gasteiger partial charge in [0.15, 0.2) is 0 Å². The Kier molecular flexibility index (Phi) is 4.57. The summed E-state index contributed by atoms with van der Waals surface area (Å²) in [5.74, 6) is 0.503. The van der Waals surface area contributed by atoms with E-state index in [1.165, 1.54) is 5.56 Å². The molecule has 26 heavy (non-hydrogen) atoms. The lowest BCUT2D eigenvalue weighted by molar-refractivity contribution is 0.572. The first-order valence-corrected chi connectivity index (χ1v) is 9.11. The van der Waals surface area contributed by atoms with E-state index in [1.807, 2.05) is 36.4 Å². The SMILES string of the molecule is Cc1cccc(Cn2nnc(-c3cnn(-c4ccccc4Cl)c3Br)n2)c1. The summed E-state index contributed by atoms with van der Waals surface area (Å²) in [7, 11) is 0. The normalized spacial score (nSPS) is 11.0. The Morgan fingerprint density at radius 1 is 1.12 bits per heavy atom. The van der Waals surface area contributed by atoms with E-state index in [0.717, 1.165) is 21.4 Å². The van der Waals surface area contributed by atoms with Crippen molar-refractivity contribution in [3.05, 3.63) is 75.5 Å². The Morgan fingerprint density at radius 3 is 2.77 bits per heavy atom. The van der Waals surface area contributed by atoms with Gasteiger partial charge in [0.25, 0.3) is 0 Å². The van der Waals surface area contributed by atoms with Gasteiger partial charge in [-0.2, -0.15) is 9.90 Å². The monoisotopic (exact) mass is 428 g/mol. The van der Waals surface area contributed by atoms with Crippen molar-refractivity contribution in [2.24, 2.45) is 0 Å². The standard InChI is InChI=1S/C18H14BrClN6/c1-12-5-4-6-13(9-12)11-25-23-18(22-24-25)14-10-21-26(17(14)19)16-8-3-2-7-15(16)20/h2-10H,11H2,1H3. The van der Waals surface area contributed by atoms with Crippen LogP contribution in [0, 0.1) is 6.92 Å². The highest BCUT2D eigenvalue weighted by Gasteiger charge is 2.17. The van der Waals surface area contributed by atoms with Crippen molar-refractivity contribution in [1.82, 2.24) is 30.0 Å². The Hall–Kier alpha value is -2.51. The van der Waals surface area contributed by atoms with Crippen LogP contribution < -0.4 is 0 Å². The van der Waals surface area contributed by atoms with Crippen molar-refractivity contribution in [3.63, 3.8) is 0 Å². The molecule has 0 atom stereocenters. The number of aromatic nitrogens is 6. The summed E-state index contributed by atoms with van der Waals surface area (Å²) in [6.45, 7) is 2.62. The molecule has 2 aromatic carbocycles. The zero-order valence-electron chi connectivity index (χ0n) is 13.8. The average molecular weight is 430 g/mol. The second kappa shape index (κ2) is 7.01. The summed E-state index contributed by atoms with van der Waals surface area (Å²) in [6, 6.07) is 15.7. The predicted octanol–water partition coefficient (Wildman–Crippen LogP) is 4.30. The van der Waals surface area contributed by atoms with E-state index in [0.29, 0.717) is 17.4 Å². The van der Waals surface area contributed by atoms with Gasteiger partial charge in [0.05, 0.1) is 29.0 Å². The Balaban J connectivity index is 1.63. The van der Waals surface area contributed by atoms with Gasteiger partial charge in [-0.25, -0.2) is 4.68 Å². The molecule has 0 saturated heterocycles. The molecule has 8 heteroatoms. The summed E-state index contributed by atoms with van der Waals surface area (Å²) >= 11 is 9.83. The van der Waals surface area contributed by atoms with Crippen LogP contribution in [0.1, 0.15) is 11.1 Å². The van der Waals surface area contributed by atoms with Crippen LogP contribution in [0.2, 0.25) is 5.02 Å². The lowest BCUT2D eigenvalue weighted by Gasteiger charge is -2.05. The Morgan fingerprint density at radius 2 is 1.96 bits per heavy atom. The molecule has 0 fully saturated rings. The number of aryl methyl sites for hydroxylation is 1. The van der Waals surface area contributed by atoms with Gasteiger partial charge in [0.1, 0.15) is 4.60 Å². The van der Waals surface area contributed by atoms with Crippen LogP contribution in [-0.4, -0.2) is 30.0 Å². The molecule has 6 nitrogen and oxygen atoms in total. The fourth-order valence-electron chi connectivity index (χ4n) is 2.67. The minimum absolute atomic E-state index is 0.503. The molecule has 0 unspecified atom stereocenters. The van der Waals surface area contributed by atoms with Crippen LogP contribution in [0.25, 0.3) is 17.1 Å². The molecule has 4 rings (SSSR count). The third-order valence-corrected chi connectivity index (χ3v) is 4.97. The Bertz CT molecular complexity index is 1070. The fourth-order valence-corrected chi connectivity index (χ4v) is 3.44. The number of rotatable bonds is 4. The summed E-state index contributed by atoms with van der Waals surface area (Å²) in [5.41, 5.74) is 3.85. The van der Waals surface area contributed by atoms with Gasteiger partial charge in [0, 0.05) is 0 Å². The smallest absolute Gasteiger partial charge is 0.209 e. The van der Waals surface area contributed by atoms with Gasteiger partial charge in [-0.15, -0.1) is 10.2 Å². The summed E-state index contributed by atoms with van der Waals surface area (Å²) in [4.78, 5) is 1.57. The average Bonchev–Trinajstić information content (AvgIpc) is 3.22. The van der Waals surface area contributed by atoms with Crippen LogP contribution in [0.4, 0.5) is 0 Å². The van der Waals surface area contributed by atoms with Crippen molar-refractivity contribution in [3.8, 4) is 17.1 Å². The fraction of sp³-hybridized carbons (Fsp3) is 0.111. The van der Waals surface area contributed by atoms with E-state index in [4.69, 9.17) is 11.6 Å². The van der Waals surface area contributed by atoms with Gasteiger partial charge in [-0.1, -0.05) is 53.6 Å². The molecule has 0 aliphatic heterocycles. The van der Waals surface area contributed by atoms with Gasteiger partial charge in [-0.05, 0) is 45.8 Å². The molecule has 4 aromatic rings. The molecular formula is C18H14BrClN6. The minimum atomic E-state index is 0.503. The number of halogens is 2. The van der Waals surface area contributed by atoms with Gasteiger partial charge < -0.3 is 0 Å². The van der Waals surface area contributed by atoms with Crippen molar-refractivity contribution in [2.75, 3.05) is 0 Å². The molecule has 130 valence electrons. The summed E-state index contributed by atoms with van der Waals surface area (Å²) < 4.78 is 2.43. The van der Waals surface area contributed by atoms with Crippen LogP contribution in [0.15, 0.2) is 59.3 Å². The lowest BCUT2D eigenvalue weighted by Crippen LogP contribution is -2.04. The Labute approximate surface area is 163 Å². The van der Waals surface area contributed by atoms with E-state index in [-0.39, 0.29) is 0 Å². The number of tetrazole rings is 1. The first kappa shape index (κ1) is 16.9. The summed E-state index contributed by atoms with van der Waals surface area (Å²) in [5, 5.41) is 17.8. The highest BCUT2D eigenvalue weighted by atomic mass is 79.9. The molecule has 0 N–H and O–H groups in total. The molecular weight excluding hydrogens is 416 g/mol. The molecule has 0 saturated carbocycles. The minimum Gasteiger partial charge on any atom is -0.224 e. The number of benzene rings is 2. The van der Waals surface area contributed by atoms with Crippen molar-refractivity contribution < 1.29 is 0 Å². The van der Waals surface area contributed by atoms with E-state index >= 15 is 0 Å². The second-order valence-electron chi connectivity index (χ2n) is 5.84. The van der Waals surface area contributed by atoms with Gasteiger partial charge in [-0.3, -0.25) is 0 Å². The lowest BCUT2D eigenvalue weighted by atomic mass is 10.1. The number of hydrogen-bond donors (Lipinski definition) is 0. The van der Waals surface area contributed by atoms with E-state index in [2.05, 4.69) is 55.5 Å². The van der Waals surface area contributed by atoms with E-state index in [9.17, 15) is 0 Å². The van der Waals surface area contributed by atoms with Crippen molar-refractivity contribution in [2.45, 2.75) is 13.5 Å². The first-order valence-electron chi connectivity index (χ1n) is 7.94. The summed E-state index contributed by atoms with van der Waals surface area (Å²) in [6.07, 6.45) is 1.70. The quantitative estimate of drug-likeness (QED) is 0.485. The number of nitrogens with zero attached hydrogens (tertiary/aromatic N) is 6. The number of hydrogen-bond acceptors (Lipinski definition) is 4. The molecule has 0 aliphatic rings. The van der Waals surface area contributed by atoms with Gasteiger partial charge in [0.2, 0.25) is 5.82 Å². The zero-order valence-corrected chi connectivity index (χ0v) is 16.2. The van der Waals surface area contributed by atoms with Crippen molar-refractivity contribution >= 4 is 27.5 Å². The third kappa shape index (κ3) is 3.27. The topological polar surface area (TPSA) is 61.4 Å². The predicted molar refractivity (Wildman–Crippen MR) is 103 cm³/mol. The zero-order chi connectivity index (χ0) is 18.1. The molecule has 0 amide bonds. The van der Waals surface area contributed by atoms with E-state index in [1.54, 1.807) is 15.7 Å². The van der Waals surface area contributed by atoms with Crippen LogP contribution >= 0.6 is 27.5 Å². The molecule has 0 aliphatic carbocycles. The second-order valence-corrected chi connectivity index (χ2v) is 7.00. The highest BCUT2D eigenvalue weighted by molar-refractivity contribution is 9.10. The highest BCUT2D eigenvalue weighted by Crippen LogP contribution is 2.30. The van der Waals surface area contributed by atoms with Crippen LogP contribution in [-0.2, 0) is 6.54 Å². The first-order chi connectivity index (χ1) is 12.6. The van der Waals surface area contributed by atoms with Crippen molar-refractivity contribution in [1.29, 1.82) is 0 Å². The molecule has 0 spiro atoms. The maximum Gasteiger partial charge on any atom is 0.209 e.